The van der Waals surface area contributed by atoms with Crippen LogP contribution in [0.1, 0.15) is 30.6 Å². The second kappa shape index (κ2) is 9.60. The summed E-state index contributed by atoms with van der Waals surface area (Å²) in [7, 11) is 0. The van der Waals surface area contributed by atoms with Crippen LogP contribution in [0.3, 0.4) is 0 Å². The fourth-order valence-corrected chi connectivity index (χ4v) is 3.41. The zero-order valence-corrected chi connectivity index (χ0v) is 17.1. The summed E-state index contributed by atoms with van der Waals surface area (Å²) in [5.74, 6) is 0.288. The maximum absolute atomic E-state index is 13.9. The number of halogens is 1. The minimum absolute atomic E-state index is 0.153. The molecular weight excluding hydrogens is 395 g/mol. The molecule has 0 radical (unpaired) electrons. The minimum Gasteiger partial charge on any atom is -0.461 e. The summed E-state index contributed by atoms with van der Waals surface area (Å²) < 4.78 is 19.6. The number of hydrogen-bond acceptors (Lipinski definition) is 3. The van der Waals surface area contributed by atoms with E-state index < -0.39 is 6.04 Å². The predicted molar refractivity (Wildman–Crippen MR) is 116 cm³/mol. The van der Waals surface area contributed by atoms with Gasteiger partial charge in [-0.15, -0.1) is 0 Å². The molecule has 1 fully saturated rings. The number of furan rings is 1. The molecule has 2 aromatic carbocycles. The van der Waals surface area contributed by atoms with E-state index in [-0.39, 0.29) is 30.1 Å². The fraction of sp³-hybridized carbons (Fsp3) is 0.280. The zero-order chi connectivity index (χ0) is 21.6. The number of benzene rings is 2. The van der Waals surface area contributed by atoms with Crippen molar-refractivity contribution in [3.8, 4) is 11.3 Å². The molecule has 1 aliphatic rings. The first-order valence-electron chi connectivity index (χ1n) is 10.6. The normalized spacial score (nSPS) is 14.1. The fourth-order valence-electron chi connectivity index (χ4n) is 3.41. The van der Waals surface area contributed by atoms with Crippen LogP contribution < -0.4 is 10.6 Å². The van der Waals surface area contributed by atoms with Gasteiger partial charge in [0.2, 0.25) is 11.8 Å². The second-order valence-electron chi connectivity index (χ2n) is 7.84. The maximum Gasteiger partial charge on any atom is 0.243 e. The van der Waals surface area contributed by atoms with Gasteiger partial charge in [-0.2, -0.15) is 0 Å². The van der Waals surface area contributed by atoms with Gasteiger partial charge in [0.05, 0.1) is 5.56 Å². The van der Waals surface area contributed by atoms with Crippen molar-refractivity contribution in [2.24, 2.45) is 0 Å². The summed E-state index contributed by atoms with van der Waals surface area (Å²) in [6, 6.07) is 19.1. The highest BCUT2D eigenvalue weighted by atomic mass is 19.1. The van der Waals surface area contributed by atoms with Crippen molar-refractivity contribution in [3.63, 3.8) is 0 Å². The number of rotatable bonds is 9. The van der Waals surface area contributed by atoms with Crippen LogP contribution in [-0.2, 0) is 22.4 Å². The number of amides is 2. The van der Waals surface area contributed by atoms with Gasteiger partial charge in [-0.25, -0.2) is 4.39 Å². The van der Waals surface area contributed by atoms with Crippen LogP contribution >= 0.6 is 0 Å². The third-order valence-corrected chi connectivity index (χ3v) is 5.26. The maximum atomic E-state index is 13.9. The molecule has 0 spiro atoms. The lowest BCUT2D eigenvalue weighted by molar-refractivity contribution is -0.129. The van der Waals surface area contributed by atoms with Gasteiger partial charge in [0, 0.05) is 25.3 Å². The summed E-state index contributed by atoms with van der Waals surface area (Å²) in [6.07, 6.45) is 2.94. The largest absolute Gasteiger partial charge is 0.461 e. The van der Waals surface area contributed by atoms with Crippen molar-refractivity contribution in [1.29, 1.82) is 0 Å². The summed E-state index contributed by atoms with van der Waals surface area (Å²) in [5, 5.41) is 5.84. The van der Waals surface area contributed by atoms with E-state index in [0.717, 1.165) is 18.4 Å². The SMILES string of the molecule is O=C(CCc1ccc(-c2ccccc2F)o1)NC(Cc1ccccc1)C(=O)NC1CC1. The molecule has 1 heterocycles. The van der Waals surface area contributed by atoms with Gasteiger partial charge in [0.15, 0.2) is 0 Å². The van der Waals surface area contributed by atoms with Gasteiger partial charge in [-0.1, -0.05) is 42.5 Å². The van der Waals surface area contributed by atoms with Gasteiger partial charge in [-0.05, 0) is 42.7 Å². The average Bonchev–Trinajstić information content (AvgIpc) is 3.46. The molecule has 6 heteroatoms. The van der Waals surface area contributed by atoms with Crippen LogP contribution in [0.15, 0.2) is 71.1 Å². The molecule has 1 saturated carbocycles. The smallest absolute Gasteiger partial charge is 0.243 e. The lowest BCUT2D eigenvalue weighted by Crippen LogP contribution is -2.48. The Morgan fingerprint density at radius 3 is 2.48 bits per heavy atom. The third kappa shape index (κ3) is 5.81. The molecule has 0 aliphatic heterocycles. The van der Waals surface area contributed by atoms with Crippen LogP contribution in [0, 0.1) is 5.82 Å². The Morgan fingerprint density at radius 2 is 1.74 bits per heavy atom. The molecule has 5 nitrogen and oxygen atoms in total. The van der Waals surface area contributed by atoms with Crippen LogP contribution in [-0.4, -0.2) is 23.9 Å². The summed E-state index contributed by atoms with van der Waals surface area (Å²) in [5.41, 5.74) is 1.37. The van der Waals surface area contributed by atoms with Gasteiger partial charge >= 0.3 is 0 Å². The van der Waals surface area contributed by atoms with Crippen LogP contribution in [0.2, 0.25) is 0 Å². The molecule has 1 unspecified atom stereocenters. The monoisotopic (exact) mass is 420 g/mol. The Kier molecular flexibility index (Phi) is 6.46. The number of hydrogen-bond donors (Lipinski definition) is 2. The standard InChI is InChI=1S/C25H25FN2O3/c26-21-9-5-4-8-20(21)23-14-12-19(31-23)13-15-24(29)28-22(25(30)27-18-10-11-18)16-17-6-2-1-3-7-17/h1-9,12,14,18,22H,10-11,13,15-16H2,(H,27,30)(H,28,29). The summed E-state index contributed by atoms with van der Waals surface area (Å²) in [4.78, 5) is 25.2. The van der Waals surface area contributed by atoms with E-state index in [4.69, 9.17) is 4.42 Å². The highest BCUT2D eigenvalue weighted by molar-refractivity contribution is 5.88. The average molecular weight is 420 g/mol. The molecule has 0 bridgehead atoms. The second-order valence-corrected chi connectivity index (χ2v) is 7.84. The van der Waals surface area contributed by atoms with E-state index in [2.05, 4.69) is 10.6 Å². The first-order valence-corrected chi connectivity index (χ1v) is 10.6. The molecule has 1 aromatic heterocycles. The van der Waals surface area contributed by atoms with Gasteiger partial charge in [-0.3, -0.25) is 9.59 Å². The van der Waals surface area contributed by atoms with Crippen LogP contribution in [0.25, 0.3) is 11.3 Å². The van der Waals surface area contributed by atoms with Crippen LogP contribution in [0.5, 0.6) is 0 Å². The molecule has 2 N–H and O–H groups in total. The molecule has 3 aromatic rings. The van der Waals surface area contributed by atoms with Gasteiger partial charge < -0.3 is 15.1 Å². The van der Waals surface area contributed by atoms with E-state index in [1.165, 1.54) is 6.07 Å². The molecule has 1 atom stereocenters. The lowest BCUT2D eigenvalue weighted by atomic mass is 10.0. The van der Waals surface area contributed by atoms with Crippen molar-refractivity contribution in [3.05, 3.63) is 83.9 Å². The van der Waals surface area contributed by atoms with Crippen molar-refractivity contribution < 1.29 is 18.4 Å². The van der Waals surface area contributed by atoms with Crippen molar-refractivity contribution >= 4 is 11.8 Å². The molecule has 31 heavy (non-hydrogen) atoms. The van der Waals surface area contributed by atoms with Crippen LogP contribution in [0.4, 0.5) is 4.39 Å². The van der Waals surface area contributed by atoms with E-state index in [0.29, 0.717) is 29.9 Å². The van der Waals surface area contributed by atoms with E-state index in [9.17, 15) is 14.0 Å². The van der Waals surface area contributed by atoms with Gasteiger partial charge in [0.1, 0.15) is 23.4 Å². The Balaban J connectivity index is 1.35. The van der Waals surface area contributed by atoms with Crippen molar-refractivity contribution in [2.75, 3.05) is 0 Å². The number of aryl methyl sites for hydroxylation is 1. The molecule has 160 valence electrons. The molecule has 4 rings (SSSR count). The topological polar surface area (TPSA) is 71.3 Å². The third-order valence-electron chi connectivity index (χ3n) is 5.26. The number of carbonyl (C=O) groups is 2. The lowest BCUT2D eigenvalue weighted by Gasteiger charge is -2.18. The van der Waals surface area contributed by atoms with Gasteiger partial charge in [0.25, 0.3) is 0 Å². The Labute approximate surface area is 180 Å². The van der Waals surface area contributed by atoms with E-state index >= 15 is 0 Å². The first-order chi connectivity index (χ1) is 15.1. The van der Waals surface area contributed by atoms with E-state index in [1.54, 1.807) is 30.3 Å². The minimum atomic E-state index is -0.624. The molecule has 2 amide bonds. The summed E-state index contributed by atoms with van der Waals surface area (Å²) in [6.45, 7) is 0. The Bertz CT molecular complexity index is 1040. The number of carbonyl (C=O) groups excluding carboxylic acids is 2. The number of nitrogens with one attached hydrogen (secondary N) is 2. The highest BCUT2D eigenvalue weighted by Gasteiger charge is 2.28. The quantitative estimate of drug-likeness (QED) is 0.549. The van der Waals surface area contributed by atoms with Crippen molar-refractivity contribution in [2.45, 2.75) is 44.2 Å². The van der Waals surface area contributed by atoms with Crippen molar-refractivity contribution in [1.82, 2.24) is 10.6 Å². The van der Waals surface area contributed by atoms with E-state index in [1.807, 2.05) is 30.3 Å². The predicted octanol–water partition coefficient (Wildman–Crippen LogP) is 4.02. The highest BCUT2D eigenvalue weighted by Crippen LogP contribution is 2.25. The Hall–Kier alpha value is -3.41. The zero-order valence-electron chi connectivity index (χ0n) is 17.1. The Morgan fingerprint density at radius 1 is 1.00 bits per heavy atom. The molecular formula is C25H25FN2O3. The first kappa shape index (κ1) is 20.8. The molecule has 1 aliphatic carbocycles. The summed E-state index contributed by atoms with van der Waals surface area (Å²) >= 11 is 0. The molecule has 0 saturated heterocycles.